The first-order valence-corrected chi connectivity index (χ1v) is 7.66. The molecule has 114 valence electrons. The van der Waals surface area contributed by atoms with Crippen LogP contribution in [0.15, 0.2) is 72.8 Å². The second-order valence-corrected chi connectivity index (χ2v) is 5.69. The summed E-state index contributed by atoms with van der Waals surface area (Å²) >= 11 is 12.2. The van der Waals surface area contributed by atoms with Gasteiger partial charge in [-0.25, -0.2) is 0 Å². The molecular formula is C18H18Cl2N2. The molecule has 0 saturated heterocycles. The molecule has 0 amide bonds. The first-order valence-electron chi connectivity index (χ1n) is 6.90. The van der Waals surface area contributed by atoms with Crippen LogP contribution in [0.3, 0.4) is 0 Å². The zero-order valence-electron chi connectivity index (χ0n) is 12.2. The molecule has 2 rings (SSSR count). The van der Waals surface area contributed by atoms with Crippen LogP contribution >= 0.6 is 23.2 Å². The number of rotatable bonds is 7. The van der Waals surface area contributed by atoms with E-state index in [0.29, 0.717) is 23.1 Å². The van der Waals surface area contributed by atoms with E-state index in [-0.39, 0.29) is 0 Å². The van der Waals surface area contributed by atoms with Gasteiger partial charge in [-0.1, -0.05) is 60.6 Å². The zero-order valence-corrected chi connectivity index (χ0v) is 13.7. The highest BCUT2D eigenvalue weighted by atomic mass is 35.5. The summed E-state index contributed by atoms with van der Waals surface area (Å²) in [5.41, 5.74) is 3.60. The van der Waals surface area contributed by atoms with E-state index >= 15 is 0 Å². The highest BCUT2D eigenvalue weighted by Crippen LogP contribution is 2.22. The van der Waals surface area contributed by atoms with Gasteiger partial charge in [0.25, 0.3) is 0 Å². The van der Waals surface area contributed by atoms with E-state index in [1.807, 2.05) is 48.5 Å². The lowest BCUT2D eigenvalue weighted by Crippen LogP contribution is -2.11. The summed E-state index contributed by atoms with van der Waals surface area (Å²) in [6.07, 6.45) is 0. The lowest BCUT2D eigenvalue weighted by atomic mass is 10.1. The third kappa shape index (κ3) is 4.55. The van der Waals surface area contributed by atoms with Gasteiger partial charge in [0.05, 0.1) is 21.4 Å². The van der Waals surface area contributed by atoms with Crippen LogP contribution in [0.4, 0.5) is 11.4 Å². The van der Waals surface area contributed by atoms with Gasteiger partial charge in [-0.05, 0) is 35.4 Å². The average molecular weight is 333 g/mol. The van der Waals surface area contributed by atoms with Gasteiger partial charge in [-0.15, -0.1) is 0 Å². The molecular weight excluding hydrogens is 315 g/mol. The fourth-order valence-corrected chi connectivity index (χ4v) is 2.27. The summed E-state index contributed by atoms with van der Waals surface area (Å²) in [5.74, 6) is 0. The number of hydrogen-bond donors (Lipinski definition) is 2. The van der Waals surface area contributed by atoms with Crippen LogP contribution in [-0.4, -0.2) is 13.1 Å². The van der Waals surface area contributed by atoms with Crippen LogP contribution in [0, 0.1) is 0 Å². The number of hydrogen-bond acceptors (Lipinski definition) is 2. The van der Waals surface area contributed by atoms with Crippen molar-refractivity contribution in [2.75, 3.05) is 23.7 Å². The first-order chi connectivity index (χ1) is 10.6. The van der Waals surface area contributed by atoms with E-state index < -0.39 is 0 Å². The molecule has 2 aromatic carbocycles. The molecule has 0 heterocycles. The lowest BCUT2D eigenvalue weighted by Gasteiger charge is -2.14. The number of nitrogens with one attached hydrogen (secondary N) is 2. The molecule has 2 N–H and O–H groups in total. The van der Waals surface area contributed by atoms with Crippen molar-refractivity contribution in [2.45, 2.75) is 0 Å². The number of para-hydroxylation sites is 2. The highest BCUT2D eigenvalue weighted by Gasteiger charge is 2.04. The SMILES string of the molecule is C=C(CNc1ccccc1Cl)C(=C)CNc1ccccc1Cl. The van der Waals surface area contributed by atoms with Gasteiger partial charge in [0.15, 0.2) is 0 Å². The lowest BCUT2D eigenvalue weighted by molar-refractivity contribution is 1.16. The van der Waals surface area contributed by atoms with Crippen LogP contribution in [0.5, 0.6) is 0 Å². The van der Waals surface area contributed by atoms with E-state index in [1.165, 1.54) is 0 Å². The minimum absolute atomic E-state index is 0.590. The molecule has 0 unspecified atom stereocenters. The van der Waals surface area contributed by atoms with Crippen LogP contribution in [0.2, 0.25) is 10.0 Å². The fourth-order valence-electron chi connectivity index (χ4n) is 1.86. The van der Waals surface area contributed by atoms with E-state index in [1.54, 1.807) is 0 Å². The maximum Gasteiger partial charge on any atom is 0.0637 e. The maximum atomic E-state index is 6.10. The molecule has 0 aromatic heterocycles. The minimum atomic E-state index is 0.590. The maximum absolute atomic E-state index is 6.10. The quantitative estimate of drug-likeness (QED) is 0.642. The monoisotopic (exact) mass is 332 g/mol. The van der Waals surface area contributed by atoms with E-state index in [9.17, 15) is 0 Å². The molecule has 0 aliphatic carbocycles. The number of halogens is 2. The van der Waals surface area contributed by atoms with Crippen molar-refractivity contribution in [3.8, 4) is 0 Å². The fraction of sp³-hybridized carbons (Fsp3) is 0.111. The third-order valence-corrected chi connectivity index (χ3v) is 3.89. The smallest absolute Gasteiger partial charge is 0.0637 e. The normalized spacial score (nSPS) is 10.1. The van der Waals surface area contributed by atoms with Crippen molar-refractivity contribution in [1.29, 1.82) is 0 Å². The highest BCUT2D eigenvalue weighted by molar-refractivity contribution is 6.33. The molecule has 0 aliphatic rings. The van der Waals surface area contributed by atoms with Crippen molar-refractivity contribution in [1.82, 2.24) is 0 Å². The van der Waals surface area contributed by atoms with Crippen molar-refractivity contribution >= 4 is 34.6 Å². The molecule has 0 saturated carbocycles. The summed E-state index contributed by atoms with van der Waals surface area (Å²) in [5, 5.41) is 7.89. The third-order valence-electron chi connectivity index (χ3n) is 3.23. The van der Waals surface area contributed by atoms with Gasteiger partial charge < -0.3 is 10.6 Å². The topological polar surface area (TPSA) is 24.1 Å². The van der Waals surface area contributed by atoms with Crippen LogP contribution in [-0.2, 0) is 0 Å². The Labute approximate surface area is 141 Å². The van der Waals surface area contributed by atoms with Gasteiger partial charge in [0.2, 0.25) is 0 Å². The summed E-state index contributed by atoms with van der Waals surface area (Å²) in [6, 6.07) is 15.2. The zero-order chi connectivity index (χ0) is 15.9. The van der Waals surface area contributed by atoms with E-state index in [2.05, 4.69) is 23.8 Å². The van der Waals surface area contributed by atoms with Gasteiger partial charge in [-0.3, -0.25) is 0 Å². The van der Waals surface area contributed by atoms with Crippen molar-refractivity contribution in [3.63, 3.8) is 0 Å². The summed E-state index contributed by atoms with van der Waals surface area (Å²) < 4.78 is 0. The molecule has 0 radical (unpaired) electrons. The Hall–Kier alpha value is -1.90. The second-order valence-electron chi connectivity index (χ2n) is 4.87. The van der Waals surface area contributed by atoms with E-state index in [4.69, 9.17) is 23.2 Å². The molecule has 0 bridgehead atoms. The van der Waals surface area contributed by atoms with Crippen molar-refractivity contribution in [2.24, 2.45) is 0 Å². The van der Waals surface area contributed by atoms with Gasteiger partial charge in [-0.2, -0.15) is 0 Å². The largest absolute Gasteiger partial charge is 0.380 e. The Morgan fingerprint density at radius 2 is 1.09 bits per heavy atom. The van der Waals surface area contributed by atoms with Gasteiger partial charge in [0, 0.05) is 13.1 Å². The van der Waals surface area contributed by atoms with Crippen molar-refractivity contribution < 1.29 is 0 Å². The Bertz CT molecular complexity index is 621. The molecule has 0 aliphatic heterocycles. The van der Waals surface area contributed by atoms with Gasteiger partial charge >= 0.3 is 0 Å². The van der Waals surface area contributed by atoms with Crippen LogP contribution in [0.1, 0.15) is 0 Å². The van der Waals surface area contributed by atoms with Gasteiger partial charge in [0.1, 0.15) is 0 Å². The standard InChI is InChI=1S/C18H18Cl2N2/c1-13(11-21-17-9-5-3-7-15(17)19)14(2)12-22-18-10-6-4-8-16(18)20/h3-10,21-22H,1-2,11-12H2. The molecule has 4 heteroatoms. The molecule has 0 atom stereocenters. The molecule has 2 nitrogen and oxygen atoms in total. The Balaban J connectivity index is 1.84. The predicted octanol–water partition coefficient (Wildman–Crippen LogP) is 5.63. The Morgan fingerprint density at radius 1 is 0.727 bits per heavy atom. The minimum Gasteiger partial charge on any atom is -0.380 e. The molecule has 0 fully saturated rings. The molecule has 22 heavy (non-hydrogen) atoms. The van der Waals surface area contributed by atoms with E-state index in [0.717, 1.165) is 22.5 Å². The Morgan fingerprint density at radius 3 is 1.45 bits per heavy atom. The van der Waals surface area contributed by atoms with Crippen LogP contribution in [0.25, 0.3) is 0 Å². The summed E-state index contributed by atoms with van der Waals surface area (Å²) in [7, 11) is 0. The molecule has 0 spiro atoms. The first kappa shape index (κ1) is 16.5. The average Bonchev–Trinajstić information content (AvgIpc) is 2.52. The number of benzene rings is 2. The molecule has 2 aromatic rings. The van der Waals surface area contributed by atoms with Crippen LogP contribution < -0.4 is 10.6 Å². The second kappa shape index (κ2) is 7.92. The summed E-state index contributed by atoms with van der Waals surface area (Å²) in [6.45, 7) is 9.29. The predicted molar refractivity (Wildman–Crippen MR) is 98.2 cm³/mol. The van der Waals surface area contributed by atoms with Crippen molar-refractivity contribution in [3.05, 3.63) is 82.9 Å². The Kier molecular flexibility index (Phi) is 5.93. The number of anilines is 2. The summed E-state index contributed by atoms with van der Waals surface area (Å²) in [4.78, 5) is 0.